The number of amides is 1. The molecule has 0 radical (unpaired) electrons. The maximum absolute atomic E-state index is 13.2. The summed E-state index contributed by atoms with van der Waals surface area (Å²) in [4.78, 5) is 28.1. The minimum atomic E-state index is -0.137. The molecular weight excluding hydrogens is 356 g/mol. The van der Waals surface area contributed by atoms with Gasteiger partial charge in [0.2, 0.25) is 0 Å². The fraction of sp³-hybridized carbons (Fsp3) is 0.238. The molecule has 1 aliphatic heterocycles. The van der Waals surface area contributed by atoms with E-state index in [1.807, 2.05) is 31.2 Å². The molecule has 0 saturated carbocycles. The lowest BCUT2D eigenvalue weighted by Crippen LogP contribution is -2.28. The van der Waals surface area contributed by atoms with Crippen LogP contribution >= 0.6 is 0 Å². The molecule has 7 nitrogen and oxygen atoms in total. The van der Waals surface area contributed by atoms with Crippen molar-refractivity contribution in [1.82, 2.24) is 15.0 Å². The first-order valence-electron chi connectivity index (χ1n) is 9.01. The third-order valence-corrected chi connectivity index (χ3v) is 4.84. The van der Waals surface area contributed by atoms with E-state index >= 15 is 0 Å². The highest BCUT2D eigenvalue weighted by atomic mass is 16.5. The van der Waals surface area contributed by atoms with Gasteiger partial charge in [-0.3, -0.25) is 9.69 Å². The van der Waals surface area contributed by atoms with Gasteiger partial charge in [0, 0.05) is 18.0 Å². The summed E-state index contributed by atoms with van der Waals surface area (Å²) in [6.07, 6.45) is 4.07. The van der Waals surface area contributed by atoms with Gasteiger partial charge < -0.3 is 9.47 Å². The highest BCUT2D eigenvalue weighted by Gasteiger charge is 2.38. The fourth-order valence-corrected chi connectivity index (χ4v) is 3.55. The molecule has 4 rings (SSSR count). The number of benzene rings is 1. The standard InChI is InChI=1S/C21H20N4O3/c1-4-16-13-11-17(27-2)18(28-3)12-14(13)21(26)25(16)19-8-5-7-15(24-19)20-22-9-6-10-23-20/h5-12,16H,4H2,1-3H3. The molecule has 1 atom stereocenters. The molecule has 0 N–H and O–H groups in total. The van der Waals surface area contributed by atoms with Gasteiger partial charge in [-0.1, -0.05) is 13.0 Å². The van der Waals surface area contributed by atoms with Crippen LogP contribution in [0.5, 0.6) is 11.5 Å². The predicted octanol–water partition coefficient (Wildman–Crippen LogP) is 3.67. The summed E-state index contributed by atoms with van der Waals surface area (Å²) in [5.41, 5.74) is 2.13. The maximum Gasteiger partial charge on any atom is 0.260 e. The van der Waals surface area contributed by atoms with Gasteiger partial charge in [0.25, 0.3) is 5.91 Å². The van der Waals surface area contributed by atoms with E-state index in [2.05, 4.69) is 15.0 Å². The summed E-state index contributed by atoms with van der Waals surface area (Å²) in [5, 5.41) is 0. The summed E-state index contributed by atoms with van der Waals surface area (Å²) in [6, 6.07) is 10.8. The maximum atomic E-state index is 13.2. The molecular formula is C21H20N4O3. The summed E-state index contributed by atoms with van der Waals surface area (Å²) >= 11 is 0. The quantitative estimate of drug-likeness (QED) is 0.676. The topological polar surface area (TPSA) is 77.4 Å². The zero-order valence-corrected chi connectivity index (χ0v) is 15.9. The Morgan fingerprint density at radius 2 is 1.75 bits per heavy atom. The third-order valence-electron chi connectivity index (χ3n) is 4.84. The minimum Gasteiger partial charge on any atom is -0.493 e. The van der Waals surface area contributed by atoms with E-state index in [9.17, 15) is 4.79 Å². The van der Waals surface area contributed by atoms with E-state index < -0.39 is 0 Å². The molecule has 2 aromatic heterocycles. The third kappa shape index (κ3) is 2.85. The SMILES string of the molecule is CCC1c2cc(OC)c(OC)cc2C(=O)N1c1cccc(-c2ncccn2)n1. The lowest BCUT2D eigenvalue weighted by atomic mass is 10.0. The van der Waals surface area contributed by atoms with Gasteiger partial charge in [-0.25, -0.2) is 15.0 Å². The first kappa shape index (κ1) is 17.9. The molecule has 0 bridgehead atoms. The number of carbonyl (C=O) groups is 1. The average molecular weight is 376 g/mol. The second-order valence-corrected chi connectivity index (χ2v) is 6.35. The molecule has 1 aromatic carbocycles. The van der Waals surface area contributed by atoms with Gasteiger partial charge in [-0.05, 0) is 42.3 Å². The number of aromatic nitrogens is 3. The Hall–Kier alpha value is -3.48. The molecule has 3 aromatic rings. The lowest BCUT2D eigenvalue weighted by molar-refractivity contribution is 0.0989. The number of fused-ring (bicyclic) bond motifs is 1. The van der Waals surface area contributed by atoms with Crippen molar-refractivity contribution >= 4 is 11.7 Å². The van der Waals surface area contributed by atoms with Gasteiger partial charge in [0.1, 0.15) is 11.5 Å². The van der Waals surface area contributed by atoms with Crippen molar-refractivity contribution in [2.75, 3.05) is 19.1 Å². The van der Waals surface area contributed by atoms with Crippen LogP contribution in [0.2, 0.25) is 0 Å². The van der Waals surface area contributed by atoms with Crippen LogP contribution in [0.25, 0.3) is 11.5 Å². The van der Waals surface area contributed by atoms with E-state index in [0.29, 0.717) is 34.4 Å². The van der Waals surface area contributed by atoms with Crippen LogP contribution in [0.1, 0.15) is 35.3 Å². The van der Waals surface area contributed by atoms with E-state index in [0.717, 1.165) is 12.0 Å². The smallest absolute Gasteiger partial charge is 0.260 e. The fourth-order valence-electron chi connectivity index (χ4n) is 3.55. The van der Waals surface area contributed by atoms with E-state index in [1.165, 1.54) is 0 Å². The molecule has 1 amide bonds. The largest absolute Gasteiger partial charge is 0.493 e. The molecule has 1 unspecified atom stereocenters. The minimum absolute atomic E-state index is 0.110. The normalized spacial score (nSPS) is 15.5. The molecule has 142 valence electrons. The molecule has 0 saturated heterocycles. The van der Waals surface area contributed by atoms with Crippen LogP contribution in [0.3, 0.4) is 0 Å². The number of carbonyl (C=O) groups excluding carboxylic acids is 1. The van der Waals surface area contributed by atoms with Crippen LogP contribution in [0.15, 0.2) is 48.8 Å². The van der Waals surface area contributed by atoms with Crippen molar-refractivity contribution < 1.29 is 14.3 Å². The second kappa shape index (κ2) is 7.26. The number of hydrogen-bond acceptors (Lipinski definition) is 6. The number of rotatable bonds is 5. The van der Waals surface area contributed by atoms with Crippen molar-refractivity contribution in [3.05, 3.63) is 59.9 Å². The highest BCUT2D eigenvalue weighted by molar-refractivity contribution is 6.11. The van der Waals surface area contributed by atoms with Gasteiger partial charge in [0.05, 0.1) is 20.3 Å². The van der Waals surface area contributed by atoms with Crippen molar-refractivity contribution in [2.24, 2.45) is 0 Å². The molecule has 28 heavy (non-hydrogen) atoms. The van der Waals surface area contributed by atoms with Gasteiger partial charge >= 0.3 is 0 Å². The predicted molar refractivity (Wildman–Crippen MR) is 105 cm³/mol. The first-order valence-corrected chi connectivity index (χ1v) is 9.01. The molecule has 0 spiro atoms. The van der Waals surface area contributed by atoms with Crippen LogP contribution in [0, 0.1) is 0 Å². The Labute approximate surface area is 163 Å². The molecule has 3 heterocycles. The zero-order chi connectivity index (χ0) is 19.7. The summed E-state index contributed by atoms with van der Waals surface area (Å²) < 4.78 is 10.8. The van der Waals surface area contributed by atoms with Gasteiger partial charge in [-0.15, -0.1) is 0 Å². The van der Waals surface area contributed by atoms with E-state index in [1.54, 1.807) is 43.6 Å². The number of pyridine rings is 1. The number of anilines is 1. The Morgan fingerprint density at radius 3 is 2.43 bits per heavy atom. The molecule has 0 aliphatic carbocycles. The van der Waals surface area contributed by atoms with Crippen molar-refractivity contribution in [1.29, 1.82) is 0 Å². The van der Waals surface area contributed by atoms with E-state index in [4.69, 9.17) is 9.47 Å². The lowest BCUT2D eigenvalue weighted by Gasteiger charge is -2.23. The number of nitrogens with zero attached hydrogens (tertiary/aromatic N) is 4. The van der Waals surface area contributed by atoms with Crippen molar-refractivity contribution in [2.45, 2.75) is 19.4 Å². The number of ether oxygens (including phenoxy) is 2. The Kier molecular flexibility index (Phi) is 4.65. The molecule has 1 aliphatic rings. The number of hydrogen-bond donors (Lipinski definition) is 0. The average Bonchev–Trinajstić information content (AvgIpc) is 3.04. The first-order chi connectivity index (χ1) is 13.7. The summed E-state index contributed by atoms with van der Waals surface area (Å²) in [7, 11) is 3.15. The molecule has 0 fully saturated rings. The molecule has 7 heteroatoms. The second-order valence-electron chi connectivity index (χ2n) is 6.35. The van der Waals surface area contributed by atoms with Crippen LogP contribution < -0.4 is 14.4 Å². The highest BCUT2D eigenvalue weighted by Crippen LogP contribution is 2.43. The summed E-state index contributed by atoms with van der Waals surface area (Å²) in [5.74, 6) is 2.11. The zero-order valence-electron chi connectivity index (χ0n) is 15.9. The van der Waals surface area contributed by atoms with Crippen molar-refractivity contribution in [3.8, 4) is 23.0 Å². The monoisotopic (exact) mass is 376 g/mol. The van der Waals surface area contributed by atoms with Gasteiger partial charge in [-0.2, -0.15) is 0 Å². The summed E-state index contributed by atoms with van der Waals surface area (Å²) in [6.45, 7) is 2.04. The Balaban J connectivity index is 1.79. The Morgan fingerprint density at radius 1 is 1.04 bits per heavy atom. The van der Waals surface area contributed by atoms with Crippen LogP contribution in [-0.2, 0) is 0 Å². The van der Waals surface area contributed by atoms with E-state index in [-0.39, 0.29) is 11.9 Å². The van der Waals surface area contributed by atoms with Crippen LogP contribution in [0.4, 0.5) is 5.82 Å². The Bertz CT molecular complexity index is 1020. The van der Waals surface area contributed by atoms with Crippen LogP contribution in [-0.4, -0.2) is 35.1 Å². The van der Waals surface area contributed by atoms with Crippen molar-refractivity contribution in [3.63, 3.8) is 0 Å². The van der Waals surface area contributed by atoms with Gasteiger partial charge in [0.15, 0.2) is 17.3 Å². The number of methoxy groups -OCH3 is 2.